The normalized spacial score (nSPS) is 15.1. The van der Waals surface area contributed by atoms with Crippen molar-refractivity contribution >= 4 is 27.5 Å². The predicted octanol–water partition coefficient (Wildman–Crippen LogP) is 3.36. The van der Waals surface area contributed by atoms with Gasteiger partial charge in [0, 0.05) is 19.6 Å². The number of ether oxygens (including phenoxy) is 1. The highest BCUT2D eigenvalue weighted by Gasteiger charge is 2.23. The smallest absolute Gasteiger partial charge is 0.270 e. The van der Waals surface area contributed by atoms with Gasteiger partial charge in [-0.1, -0.05) is 12.1 Å². The molecule has 0 aliphatic carbocycles. The lowest BCUT2D eigenvalue weighted by Crippen LogP contribution is -2.41. The molecule has 24 heavy (non-hydrogen) atoms. The lowest BCUT2D eigenvalue weighted by atomic mass is 10.2. The van der Waals surface area contributed by atoms with Gasteiger partial charge in [-0.05, 0) is 35.2 Å². The van der Waals surface area contributed by atoms with E-state index < -0.39 is 0 Å². The maximum atomic E-state index is 13.1. The van der Waals surface area contributed by atoms with E-state index in [1.165, 1.54) is 12.1 Å². The van der Waals surface area contributed by atoms with Gasteiger partial charge < -0.3 is 14.2 Å². The Kier molecular flexibility index (Phi) is 4.08. The van der Waals surface area contributed by atoms with Crippen molar-refractivity contribution in [3.63, 3.8) is 0 Å². The molecule has 1 aliphatic rings. The fourth-order valence-electron chi connectivity index (χ4n) is 3.03. The van der Waals surface area contributed by atoms with Crippen molar-refractivity contribution < 1.29 is 13.9 Å². The summed E-state index contributed by atoms with van der Waals surface area (Å²) in [5.74, 6) is -0.222. The monoisotopic (exact) mass is 344 g/mol. The number of carbonyl (C=O) groups is 1. The quantitative estimate of drug-likeness (QED) is 0.730. The number of thiophene rings is 1. The van der Waals surface area contributed by atoms with Gasteiger partial charge in [0.15, 0.2) is 0 Å². The molecule has 1 amide bonds. The first-order valence-corrected chi connectivity index (χ1v) is 8.78. The second-order valence-electron chi connectivity index (χ2n) is 5.82. The molecule has 0 atom stereocenters. The van der Waals surface area contributed by atoms with E-state index >= 15 is 0 Å². The van der Waals surface area contributed by atoms with Crippen LogP contribution in [-0.4, -0.2) is 41.7 Å². The summed E-state index contributed by atoms with van der Waals surface area (Å²) >= 11 is 1.62. The molecule has 0 saturated carbocycles. The molecule has 0 bridgehead atoms. The predicted molar refractivity (Wildman–Crippen MR) is 92.0 cm³/mol. The van der Waals surface area contributed by atoms with Gasteiger partial charge in [0.1, 0.15) is 11.5 Å². The van der Waals surface area contributed by atoms with E-state index in [4.69, 9.17) is 4.74 Å². The van der Waals surface area contributed by atoms with Crippen LogP contribution in [0.2, 0.25) is 0 Å². The zero-order valence-corrected chi connectivity index (χ0v) is 13.9. The largest absolute Gasteiger partial charge is 0.378 e. The maximum absolute atomic E-state index is 13.1. The highest BCUT2D eigenvalue weighted by Crippen LogP contribution is 2.27. The number of nitrogens with zero attached hydrogens (tertiary/aromatic N) is 2. The highest BCUT2D eigenvalue weighted by atomic mass is 32.1. The van der Waals surface area contributed by atoms with Crippen molar-refractivity contribution in [2.24, 2.45) is 0 Å². The van der Waals surface area contributed by atoms with Gasteiger partial charge in [-0.3, -0.25) is 4.79 Å². The third-order valence-electron chi connectivity index (χ3n) is 4.29. The number of aromatic nitrogens is 1. The molecule has 1 saturated heterocycles. The molecule has 3 aromatic rings. The van der Waals surface area contributed by atoms with Crippen LogP contribution < -0.4 is 0 Å². The molecule has 0 unspecified atom stereocenters. The highest BCUT2D eigenvalue weighted by molar-refractivity contribution is 7.17. The van der Waals surface area contributed by atoms with E-state index in [1.807, 2.05) is 27.0 Å². The Morgan fingerprint density at radius 1 is 1.17 bits per heavy atom. The number of hydrogen-bond acceptors (Lipinski definition) is 3. The van der Waals surface area contributed by atoms with Gasteiger partial charge in [0.05, 0.1) is 23.4 Å². The molecule has 124 valence electrons. The van der Waals surface area contributed by atoms with Crippen molar-refractivity contribution in [2.75, 3.05) is 26.3 Å². The standard InChI is InChI=1S/C18H17FN2O2S/c19-14-3-1-13(2-4-14)12-21-15-5-10-24-17(15)11-16(21)18(22)20-6-8-23-9-7-20/h1-5,10-11H,6-9,12H2. The molecule has 0 N–H and O–H groups in total. The lowest BCUT2D eigenvalue weighted by molar-refractivity contribution is 0.0296. The minimum absolute atomic E-state index is 0.0313. The fourth-order valence-corrected chi connectivity index (χ4v) is 3.85. The van der Waals surface area contributed by atoms with E-state index in [9.17, 15) is 9.18 Å². The summed E-state index contributed by atoms with van der Waals surface area (Å²) in [7, 11) is 0. The number of hydrogen-bond donors (Lipinski definition) is 0. The number of amides is 1. The molecule has 0 spiro atoms. The number of morpholine rings is 1. The molecule has 3 heterocycles. The van der Waals surface area contributed by atoms with Gasteiger partial charge >= 0.3 is 0 Å². The average molecular weight is 344 g/mol. The van der Waals surface area contributed by atoms with Crippen molar-refractivity contribution in [2.45, 2.75) is 6.54 Å². The van der Waals surface area contributed by atoms with Crippen LogP contribution in [0.1, 0.15) is 16.1 Å². The number of carbonyl (C=O) groups excluding carboxylic acids is 1. The molecule has 2 aromatic heterocycles. The van der Waals surface area contributed by atoms with Crippen molar-refractivity contribution in [1.82, 2.24) is 9.47 Å². The summed E-state index contributed by atoms with van der Waals surface area (Å²) in [6, 6.07) is 10.4. The second kappa shape index (κ2) is 6.37. The average Bonchev–Trinajstić information content (AvgIpc) is 3.19. The van der Waals surface area contributed by atoms with Crippen LogP contribution in [0.15, 0.2) is 41.8 Å². The van der Waals surface area contributed by atoms with Crippen LogP contribution in [-0.2, 0) is 11.3 Å². The summed E-state index contributed by atoms with van der Waals surface area (Å²) < 4.78 is 21.6. The van der Waals surface area contributed by atoms with E-state index in [1.54, 1.807) is 23.5 Å². The van der Waals surface area contributed by atoms with Crippen LogP contribution >= 0.6 is 11.3 Å². The molecular weight excluding hydrogens is 327 g/mol. The summed E-state index contributed by atoms with van der Waals surface area (Å²) in [6.07, 6.45) is 0. The molecule has 4 nitrogen and oxygen atoms in total. The Bertz CT molecular complexity index is 863. The van der Waals surface area contributed by atoms with Gasteiger partial charge in [0.25, 0.3) is 5.91 Å². The molecular formula is C18H17FN2O2S. The van der Waals surface area contributed by atoms with Crippen molar-refractivity contribution in [3.8, 4) is 0 Å². The second-order valence-corrected chi connectivity index (χ2v) is 6.76. The minimum Gasteiger partial charge on any atom is -0.378 e. The zero-order chi connectivity index (χ0) is 16.5. The Morgan fingerprint density at radius 3 is 2.67 bits per heavy atom. The van der Waals surface area contributed by atoms with Crippen LogP contribution in [0, 0.1) is 5.82 Å². The number of rotatable bonds is 3. The third kappa shape index (κ3) is 2.83. The van der Waals surface area contributed by atoms with E-state index in [-0.39, 0.29) is 11.7 Å². The molecule has 1 aromatic carbocycles. The summed E-state index contributed by atoms with van der Waals surface area (Å²) in [4.78, 5) is 14.8. The summed E-state index contributed by atoms with van der Waals surface area (Å²) in [5.41, 5.74) is 2.69. The lowest BCUT2D eigenvalue weighted by Gasteiger charge is -2.27. The van der Waals surface area contributed by atoms with Crippen LogP contribution in [0.4, 0.5) is 4.39 Å². The summed E-state index contributed by atoms with van der Waals surface area (Å²) in [5, 5.41) is 2.02. The van der Waals surface area contributed by atoms with Crippen LogP contribution in [0.5, 0.6) is 0 Å². The Balaban J connectivity index is 1.71. The molecule has 1 aliphatic heterocycles. The number of halogens is 1. The third-order valence-corrected chi connectivity index (χ3v) is 5.15. The van der Waals surface area contributed by atoms with Crippen LogP contribution in [0.3, 0.4) is 0 Å². The Labute approximate surface area is 143 Å². The number of fused-ring (bicyclic) bond motifs is 1. The minimum atomic E-state index is -0.253. The van der Waals surface area contributed by atoms with E-state index in [2.05, 4.69) is 0 Å². The number of benzene rings is 1. The molecule has 6 heteroatoms. The van der Waals surface area contributed by atoms with E-state index in [0.717, 1.165) is 15.8 Å². The zero-order valence-electron chi connectivity index (χ0n) is 13.1. The van der Waals surface area contributed by atoms with Crippen LogP contribution in [0.25, 0.3) is 10.2 Å². The van der Waals surface area contributed by atoms with Gasteiger partial charge in [-0.25, -0.2) is 4.39 Å². The SMILES string of the molecule is O=C(c1cc2sccc2n1Cc1ccc(F)cc1)N1CCOCC1. The Hall–Kier alpha value is -2.18. The van der Waals surface area contributed by atoms with Gasteiger partial charge in [0.2, 0.25) is 0 Å². The van der Waals surface area contributed by atoms with Gasteiger partial charge in [-0.2, -0.15) is 0 Å². The molecule has 0 radical (unpaired) electrons. The molecule has 4 rings (SSSR count). The maximum Gasteiger partial charge on any atom is 0.270 e. The first-order chi connectivity index (χ1) is 11.7. The summed E-state index contributed by atoms with van der Waals surface area (Å²) in [6.45, 7) is 2.95. The fraction of sp³-hybridized carbons (Fsp3) is 0.278. The van der Waals surface area contributed by atoms with E-state index in [0.29, 0.717) is 38.5 Å². The van der Waals surface area contributed by atoms with Crippen molar-refractivity contribution in [3.05, 3.63) is 58.9 Å². The topological polar surface area (TPSA) is 34.5 Å². The first-order valence-electron chi connectivity index (χ1n) is 7.90. The van der Waals surface area contributed by atoms with Crippen molar-refractivity contribution in [1.29, 1.82) is 0 Å². The first kappa shape index (κ1) is 15.4. The molecule has 1 fully saturated rings. The Morgan fingerprint density at radius 2 is 1.92 bits per heavy atom. The van der Waals surface area contributed by atoms with Gasteiger partial charge in [-0.15, -0.1) is 11.3 Å².